The van der Waals surface area contributed by atoms with E-state index in [9.17, 15) is 4.79 Å². The van der Waals surface area contributed by atoms with Gasteiger partial charge in [-0.25, -0.2) is 4.98 Å². The highest BCUT2D eigenvalue weighted by molar-refractivity contribution is 7.98. The molecule has 5 heteroatoms. The molecular weight excluding hydrogens is 302 g/mol. The van der Waals surface area contributed by atoms with Crippen molar-refractivity contribution in [3.05, 3.63) is 40.9 Å². The summed E-state index contributed by atoms with van der Waals surface area (Å²) in [6.07, 6.45) is 2.45. The first-order valence-electron chi connectivity index (χ1n) is 7.03. The second-order valence-electron chi connectivity index (χ2n) is 4.78. The first kappa shape index (κ1) is 16.0. The number of thioether (sulfide) groups is 1. The Morgan fingerprint density at radius 3 is 2.95 bits per heavy atom. The number of thiazole rings is 1. The lowest BCUT2D eigenvalue weighted by atomic mass is 10.1. The molecular formula is C16H19NO2S2. The van der Waals surface area contributed by atoms with E-state index < -0.39 is 5.97 Å². The van der Waals surface area contributed by atoms with Crippen LogP contribution in [0.3, 0.4) is 0 Å². The second-order valence-corrected chi connectivity index (χ2v) is 6.74. The third-order valence-electron chi connectivity index (χ3n) is 3.03. The van der Waals surface area contributed by atoms with Crippen LogP contribution in [0.15, 0.2) is 29.6 Å². The summed E-state index contributed by atoms with van der Waals surface area (Å²) in [4.78, 5) is 15.2. The number of carbonyl (C=O) groups is 1. The van der Waals surface area contributed by atoms with Gasteiger partial charge in [0.05, 0.1) is 12.1 Å². The molecule has 1 heterocycles. The zero-order valence-electron chi connectivity index (χ0n) is 12.0. The smallest absolute Gasteiger partial charge is 0.309 e. The fourth-order valence-corrected chi connectivity index (χ4v) is 3.94. The molecule has 2 rings (SSSR count). The van der Waals surface area contributed by atoms with E-state index in [2.05, 4.69) is 24.0 Å². The topological polar surface area (TPSA) is 50.2 Å². The molecule has 1 aromatic carbocycles. The number of aliphatic carboxylic acids is 1. The van der Waals surface area contributed by atoms with E-state index in [0.717, 1.165) is 16.3 Å². The molecule has 0 radical (unpaired) electrons. The Morgan fingerprint density at radius 2 is 2.19 bits per heavy atom. The molecule has 1 aromatic heterocycles. The van der Waals surface area contributed by atoms with Crippen LogP contribution in [-0.4, -0.2) is 21.8 Å². The van der Waals surface area contributed by atoms with Crippen molar-refractivity contribution < 1.29 is 9.90 Å². The first-order valence-corrected chi connectivity index (χ1v) is 9.06. The first-order chi connectivity index (χ1) is 10.2. The molecule has 112 valence electrons. The lowest BCUT2D eigenvalue weighted by Gasteiger charge is -2.06. The minimum Gasteiger partial charge on any atom is -0.481 e. The number of aromatic nitrogens is 1. The summed E-state index contributed by atoms with van der Waals surface area (Å²) in [7, 11) is 0. The Labute approximate surface area is 133 Å². The van der Waals surface area contributed by atoms with E-state index >= 15 is 0 Å². The van der Waals surface area contributed by atoms with Gasteiger partial charge in [-0.3, -0.25) is 4.79 Å². The van der Waals surface area contributed by atoms with Crippen LogP contribution < -0.4 is 0 Å². The number of hydrogen-bond acceptors (Lipinski definition) is 4. The van der Waals surface area contributed by atoms with Crippen LogP contribution in [0.25, 0.3) is 10.6 Å². The van der Waals surface area contributed by atoms with Gasteiger partial charge in [-0.05, 0) is 17.7 Å². The van der Waals surface area contributed by atoms with E-state index in [0.29, 0.717) is 5.69 Å². The van der Waals surface area contributed by atoms with E-state index in [1.54, 1.807) is 0 Å². The van der Waals surface area contributed by atoms with Crippen LogP contribution >= 0.6 is 23.1 Å². The summed E-state index contributed by atoms with van der Waals surface area (Å²) in [5.41, 5.74) is 3.04. The molecule has 1 N–H and O–H groups in total. The molecule has 21 heavy (non-hydrogen) atoms. The quantitative estimate of drug-likeness (QED) is 0.729. The van der Waals surface area contributed by atoms with Crippen molar-refractivity contribution in [2.75, 3.05) is 5.75 Å². The van der Waals surface area contributed by atoms with Gasteiger partial charge in [0.25, 0.3) is 0 Å². The van der Waals surface area contributed by atoms with Gasteiger partial charge in [-0.2, -0.15) is 11.8 Å². The van der Waals surface area contributed by atoms with Crippen molar-refractivity contribution in [1.29, 1.82) is 0 Å². The molecule has 0 aliphatic rings. The Kier molecular flexibility index (Phi) is 6.26. The minimum absolute atomic E-state index is 0.0100. The van der Waals surface area contributed by atoms with Crippen molar-refractivity contribution in [2.24, 2.45) is 0 Å². The minimum atomic E-state index is -0.838. The maximum absolute atomic E-state index is 10.7. The largest absolute Gasteiger partial charge is 0.481 e. The molecule has 0 spiro atoms. The van der Waals surface area contributed by atoms with Gasteiger partial charge in [-0.1, -0.05) is 37.6 Å². The van der Waals surface area contributed by atoms with Gasteiger partial charge in [0.2, 0.25) is 0 Å². The zero-order chi connectivity index (χ0) is 15.1. The average molecular weight is 321 g/mol. The van der Waals surface area contributed by atoms with Gasteiger partial charge in [0, 0.05) is 16.7 Å². The molecule has 2 aromatic rings. The van der Waals surface area contributed by atoms with Crippen molar-refractivity contribution in [1.82, 2.24) is 4.98 Å². The summed E-state index contributed by atoms with van der Waals surface area (Å²) < 4.78 is 0. The number of rotatable bonds is 8. The predicted molar refractivity (Wildman–Crippen MR) is 90.0 cm³/mol. The number of unbranched alkanes of at least 4 members (excludes halogenated alkanes) is 1. The summed E-state index contributed by atoms with van der Waals surface area (Å²) in [5.74, 6) is 1.31. The lowest BCUT2D eigenvalue weighted by molar-refractivity contribution is -0.136. The molecule has 0 saturated carbocycles. The fourth-order valence-electron chi connectivity index (χ4n) is 1.95. The Hall–Kier alpha value is -1.33. The van der Waals surface area contributed by atoms with Crippen LogP contribution in [0.2, 0.25) is 0 Å². The van der Waals surface area contributed by atoms with E-state index in [1.165, 1.54) is 35.5 Å². The normalized spacial score (nSPS) is 10.7. The maximum Gasteiger partial charge on any atom is 0.309 e. The lowest BCUT2D eigenvalue weighted by Crippen LogP contribution is -2.00. The number of carboxylic acids is 1. The number of benzene rings is 1. The van der Waals surface area contributed by atoms with Crippen LogP contribution in [0.4, 0.5) is 0 Å². The molecule has 0 unspecified atom stereocenters. The highest BCUT2D eigenvalue weighted by Gasteiger charge is 2.11. The van der Waals surface area contributed by atoms with Crippen molar-refractivity contribution in [2.45, 2.75) is 31.9 Å². The van der Waals surface area contributed by atoms with Gasteiger partial charge in [-0.15, -0.1) is 11.3 Å². The SMILES string of the molecule is CCCCSCc1ccccc1-c1nc(CC(=O)O)cs1. The van der Waals surface area contributed by atoms with Crippen LogP contribution in [0.1, 0.15) is 31.0 Å². The van der Waals surface area contributed by atoms with Crippen molar-refractivity contribution >= 4 is 29.1 Å². The number of nitrogens with zero attached hydrogens (tertiary/aromatic N) is 1. The Balaban J connectivity index is 2.11. The van der Waals surface area contributed by atoms with Crippen molar-refractivity contribution in [3.8, 4) is 10.6 Å². The van der Waals surface area contributed by atoms with E-state index in [1.807, 2.05) is 29.3 Å². The third-order valence-corrected chi connectivity index (χ3v) is 5.05. The molecule has 0 aliphatic carbocycles. The Bertz CT molecular complexity index is 595. The third kappa shape index (κ3) is 4.86. The van der Waals surface area contributed by atoms with Crippen LogP contribution in [0.5, 0.6) is 0 Å². The maximum atomic E-state index is 10.7. The fraction of sp³-hybridized carbons (Fsp3) is 0.375. The molecule has 0 atom stereocenters. The van der Waals surface area contributed by atoms with Gasteiger partial charge in [0.1, 0.15) is 5.01 Å². The Morgan fingerprint density at radius 1 is 1.38 bits per heavy atom. The van der Waals surface area contributed by atoms with Gasteiger partial charge < -0.3 is 5.11 Å². The number of hydrogen-bond donors (Lipinski definition) is 1. The zero-order valence-corrected chi connectivity index (χ0v) is 13.7. The molecule has 0 saturated heterocycles. The summed E-state index contributed by atoms with van der Waals surface area (Å²) >= 11 is 3.46. The molecule has 0 fully saturated rings. The average Bonchev–Trinajstić information content (AvgIpc) is 2.91. The summed E-state index contributed by atoms with van der Waals surface area (Å²) in [6.45, 7) is 2.20. The summed E-state index contributed by atoms with van der Waals surface area (Å²) in [6, 6.07) is 8.25. The molecule has 0 aliphatic heterocycles. The molecule has 3 nitrogen and oxygen atoms in total. The number of carboxylic acid groups (broad SMARTS) is 1. The summed E-state index contributed by atoms with van der Waals surface area (Å²) in [5, 5.41) is 11.6. The van der Waals surface area contributed by atoms with E-state index in [-0.39, 0.29) is 6.42 Å². The highest BCUT2D eigenvalue weighted by atomic mass is 32.2. The standard InChI is InChI=1S/C16H19NO2S2/c1-2-3-8-20-10-12-6-4-5-7-14(12)16-17-13(11-21-16)9-15(18)19/h4-7,11H,2-3,8-10H2,1H3,(H,18,19). The second kappa shape index (κ2) is 8.20. The van der Waals surface area contributed by atoms with Gasteiger partial charge >= 0.3 is 5.97 Å². The molecule has 0 bridgehead atoms. The van der Waals surface area contributed by atoms with Crippen LogP contribution in [0, 0.1) is 0 Å². The van der Waals surface area contributed by atoms with Crippen LogP contribution in [-0.2, 0) is 17.0 Å². The highest BCUT2D eigenvalue weighted by Crippen LogP contribution is 2.29. The van der Waals surface area contributed by atoms with Crippen molar-refractivity contribution in [3.63, 3.8) is 0 Å². The van der Waals surface area contributed by atoms with Gasteiger partial charge in [0.15, 0.2) is 0 Å². The monoisotopic (exact) mass is 321 g/mol. The predicted octanol–water partition coefficient (Wildman–Crippen LogP) is 4.47. The molecule has 0 amide bonds. The van der Waals surface area contributed by atoms with E-state index in [4.69, 9.17) is 5.11 Å².